The minimum Gasteiger partial charge on any atom is -0.493 e. The van der Waals surface area contributed by atoms with Gasteiger partial charge in [0, 0.05) is 12.6 Å². The third-order valence-electron chi connectivity index (χ3n) is 3.44. The second-order valence-corrected chi connectivity index (χ2v) is 6.69. The molecule has 1 atom stereocenters. The Morgan fingerprint density at radius 1 is 0.950 bits per heavy atom. The van der Waals surface area contributed by atoms with E-state index in [0.29, 0.717) is 23.8 Å². The monoisotopic (exact) mass is 277 g/mol. The van der Waals surface area contributed by atoms with Gasteiger partial charge in [-0.05, 0) is 35.4 Å². The van der Waals surface area contributed by atoms with Gasteiger partial charge in [-0.1, -0.05) is 53.7 Å². The van der Waals surface area contributed by atoms with Crippen molar-refractivity contribution in [2.24, 2.45) is 11.8 Å². The van der Waals surface area contributed by atoms with Crippen molar-refractivity contribution < 1.29 is 4.74 Å². The summed E-state index contributed by atoms with van der Waals surface area (Å²) >= 11 is 0. The maximum absolute atomic E-state index is 5.75. The van der Waals surface area contributed by atoms with Crippen molar-refractivity contribution >= 4 is 0 Å². The van der Waals surface area contributed by atoms with Crippen LogP contribution < -0.4 is 10.1 Å². The average molecular weight is 277 g/mol. The molecular formula is C18H31NO. The van der Waals surface area contributed by atoms with Crippen LogP contribution in [0.5, 0.6) is 5.75 Å². The molecule has 0 spiro atoms. The Labute approximate surface area is 124 Å². The standard InChI is InChI=1S/C18H31NO/c1-13(2)12-20-17-9-7-16(8-10-17)18(14(3)4)11-19-15(5)6/h7-10,13-15,18-19H,11-12H2,1-6H3. The van der Waals surface area contributed by atoms with Crippen LogP contribution in [0.2, 0.25) is 0 Å². The van der Waals surface area contributed by atoms with E-state index < -0.39 is 0 Å². The molecule has 0 aromatic heterocycles. The van der Waals surface area contributed by atoms with Gasteiger partial charge in [-0.25, -0.2) is 0 Å². The summed E-state index contributed by atoms with van der Waals surface area (Å²) in [6, 6.07) is 9.15. The molecule has 1 N–H and O–H groups in total. The molecule has 0 saturated carbocycles. The van der Waals surface area contributed by atoms with Gasteiger partial charge in [-0.15, -0.1) is 0 Å². The van der Waals surface area contributed by atoms with Gasteiger partial charge < -0.3 is 10.1 Å². The average Bonchev–Trinajstić information content (AvgIpc) is 2.37. The van der Waals surface area contributed by atoms with E-state index in [4.69, 9.17) is 4.74 Å². The van der Waals surface area contributed by atoms with Crippen LogP contribution in [0.3, 0.4) is 0 Å². The van der Waals surface area contributed by atoms with Crippen molar-refractivity contribution in [3.8, 4) is 5.75 Å². The summed E-state index contributed by atoms with van der Waals surface area (Å²) in [5.41, 5.74) is 1.39. The first kappa shape index (κ1) is 17.0. The highest BCUT2D eigenvalue weighted by atomic mass is 16.5. The number of rotatable bonds is 8. The Hall–Kier alpha value is -1.02. The number of nitrogens with one attached hydrogen (secondary N) is 1. The third kappa shape index (κ3) is 5.96. The first-order valence-corrected chi connectivity index (χ1v) is 7.86. The molecule has 1 aromatic carbocycles. The Bertz CT molecular complexity index is 368. The van der Waals surface area contributed by atoms with Gasteiger partial charge in [0.2, 0.25) is 0 Å². The topological polar surface area (TPSA) is 21.3 Å². The van der Waals surface area contributed by atoms with Crippen LogP contribution in [0.1, 0.15) is 53.0 Å². The fourth-order valence-corrected chi connectivity index (χ4v) is 2.18. The molecule has 0 aliphatic carbocycles. The molecule has 1 aromatic rings. The molecule has 0 aliphatic rings. The molecule has 0 bridgehead atoms. The lowest BCUT2D eigenvalue weighted by molar-refractivity contribution is 0.271. The van der Waals surface area contributed by atoms with Crippen molar-refractivity contribution in [2.45, 2.75) is 53.5 Å². The van der Waals surface area contributed by atoms with Gasteiger partial charge in [0.25, 0.3) is 0 Å². The van der Waals surface area contributed by atoms with Crippen LogP contribution in [0, 0.1) is 11.8 Å². The van der Waals surface area contributed by atoms with Crippen molar-refractivity contribution in [3.05, 3.63) is 29.8 Å². The van der Waals surface area contributed by atoms with Crippen molar-refractivity contribution in [3.63, 3.8) is 0 Å². The minimum atomic E-state index is 0.532. The zero-order valence-electron chi connectivity index (χ0n) is 13.9. The molecule has 0 amide bonds. The van der Waals surface area contributed by atoms with E-state index >= 15 is 0 Å². The van der Waals surface area contributed by atoms with Gasteiger partial charge in [-0.3, -0.25) is 0 Å². The molecule has 2 heteroatoms. The van der Waals surface area contributed by atoms with Gasteiger partial charge in [-0.2, -0.15) is 0 Å². The summed E-state index contributed by atoms with van der Waals surface area (Å²) in [6.07, 6.45) is 0. The zero-order chi connectivity index (χ0) is 15.1. The van der Waals surface area contributed by atoms with Gasteiger partial charge in [0.15, 0.2) is 0 Å². The van der Waals surface area contributed by atoms with Crippen molar-refractivity contribution in [2.75, 3.05) is 13.2 Å². The number of hydrogen-bond donors (Lipinski definition) is 1. The van der Waals surface area contributed by atoms with E-state index in [-0.39, 0.29) is 0 Å². The van der Waals surface area contributed by atoms with E-state index in [1.54, 1.807) is 0 Å². The van der Waals surface area contributed by atoms with Crippen LogP contribution >= 0.6 is 0 Å². The summed E-state index contributed by atoms with van der Waals surface area (Å²) in [6.45, 7) is 15.1. The number of hydrogen-bond acceptors (Lipinski definition) is 2. The summed E-state index contributed by atoms with van der Waals surface area (Å²) in [5, 5.41) is 3.55. The third-order valence-corrected chi connectivity index (χ3v) is 3.44. The highest BCUT2D eigenvalue weighted by Crippen LogP contribution is 2.26. The predicted molar refractivity (Wildman–Crippen MR) is 87.5 cm³/mol. The van der Waals surface area contributed by atoms with E-state index in [9.17, 15) is 0 Å². The van der Waals surface area contributed by atoms with Crippen LogP contribution in [-0.2, 0) is 0 Å². The van der Waals surface area contributed by atoms with E-state index in [0.717, 1.165) is 18.9 Å². The van der Waals surface area contributed by atoms with E-state index in [1.165, 1.54) is 5.56 Å². The Morgan fingerprint density at radius 3 is 2.00 bits per heavy atom. The fraction of sp³-hybridized carbons (Fsp3) is 0.667. The summed E-state index contributed by atoms with van der Waals surface area (Å²) in [7, 11) is 0. The largest absolute Gasteiger partial charge is 0.493 e. The molecule has 0 heterocycles. The number of ether oxygens (including phenoxy) is 1. The van der Waals surface area contributed by atoms with E-state index in [1.807, 2.05) is 0 Å². The number of benzene rings is 1. The Morgan fingerprint density at radius 2 is 1.55 bits per heavy atom. The molecule has 114 valence electrons. The van der Waals surface area contributed by atoms with Crippen molar-refractivity contribution in [1.29, 1.82) is 0 Å². The molecule has 1 unspecified atom stereocenters. The molecule has 2 nitrogen and oxygen atoms in total. The molecule has 0 aliphatic heterocycles. The van der Waals surface area contributed by atoms with Gasteiger partial charge in [0.1, 0.15) is 5.75 Å². The molecule has 0 radical (unpaired) electrons. The molecule has 0 fully saturated rings. The summed E-state index contributed by atoms with van der Waals surface area (Å²) < 4.78 is 5.75. The normalized spacial score (nSPS) is 13.2. The van der Waals surface area contributed by atoms with Gasteiger partial charge >= 0.3 is 0 Å². The minimum absolute atomic E-state index is 0.532. The summed E-state index contributed by atoms with van der Waals surface area (Å²) in [4.78, 5) is 0. The van der Waals surface area contributed by atoms with Crippen LogP contribution in [0.15, 0.2) is 24.3 Å². The second-order valence-electron chi connectivity index (χ2n) is 6.69. The highest BCUT2D eigenvalue weighted by molar-refractivity contribution is 5.30. The quantitative estimate of drug-likeness (QED) is 0.757. The predicted octanol–water partition coefficient (Wildman–Crippen LogP) is 4.46. The SMILES string of the molecule is CC(C)COc1ccc(C(CNC(C)C)C(C)C)cc1. The van der Waals surface area contributed by atoms with Crippen molar-refractivity contribution in [1.82, 2.24) is 5.32 Å². The van der Waals surface area contributed by atoms with Crippen LogP contribution in [0.4, 0.5) is 0 Å². The highest BCUT2D eigenvalue weighted by Gasteiger charge is 2.16. The first-order chi connectivity index (χ1) is 9.40. The lowest BCUT2D eigenvalue weighted by atomic mass is 9.88. The van der Waals surface area contributed by atoms with Gasteiger partial charge in [0.05, 0.1) is 6.61 Å². The fourth-order valence-electron chi connectivity index (χ4n) is 2.18. The zero-order valence-corrected chi connectivity index (χ0v) is 13.9. The van der Waals surface area contributed by atoms with Crippen LogP contribution in [0.25, 0.3) is 0 Å². The van der Waals surface area contributed by atoms with E-state index in [2.05, 4.69) is 71.1 Å². The molecular weight excluding hydrogens is 246 g/mol. The first-order valence-electron chi connectivity index (χ1n) is 7.86. The second kappa shape index (κ2) is 8.31. The summed E-state index contributed by atoms with van der Waals surface area (Å²) in [5.74, 6) is 2.72. The lowest BCUT2D eigenvalue weighted by Crippen LogP contribution is -2.30. The maximum Gasteiger partial charge on any atom is 0.119 e. The lowest BCUT2D eigenvalue weighted by Gasteiger charge is -2.23. The smallest absolute Gasteiger partial charge is 0.119 e. The maximum atomic E-state index is 5.75. The van der Waals surface area contributed by atoms with Crippen LogP contribution in [-0.4, -0.2) is 19.2 Å². The Balaban J connectivity index is 2.67. The molecule has 0 saturated heterocycles. The Kier molecular flexibility index (Phi) is 7.08. The molecule has 20 heavy (non-hydrogen) atoms. The molecule has 1 rings (SSSR count).